The minimum absolute atomic E-state index is 0.0283. The van der Waals surface area contributed by atoms with Gasteiger partial charge < -0.3 is 14.7 Å². The lowest BCUT2D eigenvalue weighted by Crippen LogP contribution is -2.48. The molecule has 2 amide bonds. The fraction of sp³-hybridized carbons (Fsp3) is 0.300. The Labute approximate surface area is 157 Å². The number of amides is 2. The van der Waals surface area contributed by atoms with Crippen LogP contribution in [0.4, 0.5) is 11.4 Å². The minimum atomic E-state index is 0.0283. The van der Waals surface area contributed by atoms with E-state index in [0.717, 1.165) is 35.1 Å². The van der Waals surface area contributed by atoms with Crippen LogP contribution in [0.15, 0.2) is 42.5 Å². The Hall–Kier alpha value is -2.53. The van der Waals surface area contributed by atoms with Crippen LogP contribution in [0.2, 0.25) is 5.02 Å². The molecule has 5 nitrogen and oxygen atoms in total. The van der Waals surface area contributed by atoms with Crippen molar-refractivity contribution in [2.45, 2.75) is 6.42 Å². The second-order valence-corrected chi connectivity index (χ2v) is 7.17. The highest BCUT2D eigenvalue weighted by Gasteiger charge is 2.27. The maximum atomic E-state index is 12.8. The van der Waals surface area contributed by atoms with E-state index in [-0.39, 0.29) is 11.8 Å². The molecular formula is C20H20ClN3O2. The number of nitrogens with zero attached hydrogens (tertiary/aromatic N) is 3. The van der Waals surface area contributed by atoms with Crippen LogP contribution in [-0.4, -0.2) is 49.9 Å². The van der Waals surface area contributed by atoms with E-state index in [1.54, 1.807) is 11.9 Å². The summed E-state index contributed by atoms with van der Waals surface area (Å²) < 4.78 is 0. The molecule has 2 aromatic rings. The molecular weight excluding hydrogens is 350 g/mol. The largest absolute Gasteiger partial charge is 0.368 e. The number of hydrogen-bond acceptors (Lipinski definition) is 3. The molecule has 1 saturated heterocycles. The molecule has 2 aliphatic rings. The van der Waals surface area contributed by atoms with E-state index >= 15 is 0 Å². The van der Waals surface area contributed by atoms with Gasteiger partial charge in [-0.2, -0.15) is 0 Å². The van der Waals surface area contributed by atoms with Crippen LogP contribution >= 0.6 is 11.6 Å². The lowest BCUT2D eigenvalue weighted by Gasteiger charge is -2.36. The minimum Gasteiger partial charge on any atom is -0.368 e. The van der Waals surface area contributed by atoms with Crippen molar-refractivity contribution in [1.29, 1.82) is 0 Å². The van der Waals surface area contributed by atoms with E-state index in [1.165, 1.54) is 0 Å². The van der Waals surface area contributed by atoms with E-state index in [4.69, 9.17) is 11.6 Å². The maximum Gasteiger partial charge on any atom is 0.253 e. The molecule has 6 heteroatoms. The first-order chi connectivity index (χ1) is 12.5. The van der Waals surface area contributed by atoms with E-state index in [2.05, 4.69) is 4.90 Å². The van der Waals surface area contributed by atoms with Gasteiger partial charge in [0.25, 0.3) is 5.91 Å². The predicted molar refractivity (Wildman–Crippen MR) is 103 cm³/mol. The molecule has 1 fully saturated rings. The van der Waals surface area contributed by atoms with Crippen LogP contribution in [0.1, 0.15) is 15.9 Å². The Morgan fingerprint density at radius 1 is 1.04 bits per heavy atom. The number of halogens is 1. The number of piperazine rings is 1. The van der Waals surface area contributed by atoms with Crippen molar-refractivity contribution in [3.8, 4) is 0 Å². The van der Waals surface area contributed by atoms with E-state index < -0.39 is 0 Å². The van der Waals surface area contributed by atoms with Gasteiger partial charge in [-0.15, -0.1) is 0 Å². The van der Waals surface area contributed by atoms with Crippen molar-refractivity contribution in [2.24, 2.45) is 0 Å². The van der Waals surface area contributed by atoms with Crippen molar-refractivity contribution in [3.05, 3.63) is 58.6 Å². The molecule has 2 aliphatic heterocycles. The molecule has 0 spiro atoms. The molecule has 0 aliphatic carbocycles. The van der Waals surface area contributed by atoms with Crippen LogP contribution in [0, 0.1) is 0 Å². The van der Waals surface area contributed by atoms with Gasteiger partial charge in [-0.1, -0.05) is 17.7 Å². The Kier molecular flexibility index (Phi) is 4.32. The molecule has 0 saturated carbocycles. The fourth-order valence-electron chi connectivity index (χ4n) is 3.63. The molecule has 2 aromatic carbocycles. The molecule has 26 heavy (non-hydrogen) atoms. The van der Waals surface area contributed by atoms with Gasteiger partial charge in [-0.05, 0) is 42.0 Å². The van der Waals surface area contributed by atoms with Gasteiger partial charge in [-0.25, -0.2) is 0 Å². The first-order valence-corrected chi connectivity index (χ1v) is 9.10. The SMILES string of the molecule is CN1C(=O)Cc2cc(C(=O)N3CCN(c4cccc(Cl)c4)CC3)ccc21. The molecule has 2 heterocycles. The molecule has 0 N–H and O–H groups in total. The fourth-order valence-corrected chi connectivity index (χ4v) is 3.81. The molecule has 0 radical (unpaired) electrons. The predicted octanol–water partition coefficient (Wildman–Crippen LogP) is 2.82. The summed E-state index contributed by atoms with van der Waals surface area (Å²) in [6.45, 7) is 2.89. The average molecular weight is 370 g/mol. The van der Waals surface area contributed by atoms with E-state index in [0.29, 0.717) is 25.1 Å². The van der Waals surface area contributed by atoms with Crippen molar-refractivity contribution in [3.63, 3.8) is 0 Å². The van der Waals surface area contributed by atoms with Gasteiger partial charge in [0.2, 0.25) is 5.91 Å². The molecule has 0 bridgehead atoms. The van der Waals surface area contributed by atoms with Crippen LogP contribution in [0.5, 0.6) is 0 Å². The highest BCUT2D eigenvalue weighted by atomic mass is 35.5. The monoisotopic (exact) mass is 369 g/mol. The smallest absolute Gasteiger partial charge is 0.253 e. The van der Waals surface area contributed by atoms with Crippen molar-refractivity contribution in [1.82, 2.24) is 4.90 Å². The maximum absolute atomic E-state index is 12.8. The average Bonchev–Trinajstić information content (AvgIpc) is 2.95. The zero-order valence-corrected chi connectivity index (χ0v) is 15.4. The van der Waals surface area contributed by atoms with E-state index in [9.17, 15) is 9.59 Å². The third kappa shape index (κ3) is 3.03. The third-order valence-electron chi connectivity index (χ3n) is 5.14. The first kappa shape index (κ1) is 16.9. The van der Waals surface area contributed by atoms with Gasteiger partial charge in [0.05, 0.1) is 6.42 Å². The summed E-state index contributed by atoms with van der Waals surface area (Å²) in [5.74, 6) is 0.0975. The van der Waals surface area contributed by atoms with Crippen molar-refractivity contribution >= 4 is 34.8 Å². The van der Waals surface area contributed by atoms with Gasteiger partial charge in [0.15, 0.2) is 0 Å². The molecule has 0 atom stereocenters. The number of fused-ring (bicyclic) bond motifs is 1. The highest BCUT2D eigenvalue weighted by Crippen LogP contribution is 2.29. The Balaban J connectivity index is 1.44. The third-order valence-corrected chi connectivity index (χ3v) is 5.38. The van der Waals surface area contributed by atoms with Crippen LogP contribution in [0.3, 0.4) is 0 Å². The Bertz CT molecular complexity index is 875. The van der Waals surface area contributed by atoms with Gasteiger partial charge >= 0.3 is 0 Å². The molecule has 0 unspecified atom stereocenters. The number of hydrogen-bond donors (Lipinski definition) is 0. The quantitative estimate of drug-likeness (QED) is 0.817. The standard InChI is InChI=1S/C20H20ClN3O2/c1-22-18-6-5-14(11-15(18)12-19(22)25)20(26)24-9-7-23(8-10-24)17-4-2-3-16(21)13-17/h2-6,11,13H,7-10,12H2,1H3. The summed E-state index contributed by atoms with van der Waals surface area (Å²) in [6, 6.07) is 13.3. The summed E-state index contributed by atoms with van der Waals surface area (Å²) in [5, 5.41) is 0.721. The number of rotatable bonds is 2. The first-order valence-electron chi connectivity index (χ1n) is 8.72. The van der Waals surface area contributed by atoms with Gasteiger partial charge in [0, 0.05) is 55.2 Å². The second-order valence-electron chi connectivity index (χ2n) is 6.73. The lowest BCUT2D eigenvalue weighted by molar-refractivity contribution is -0.117. The number of anilines is 2. The lowest BCUT2D eigenvalue weighted by atomic mass is 10.1. The van der Waals surface area contributed by atoms with Crippen molar-refractivity contribution < 1.29 is 9.59 Å². The number of benzene rings is 2. The van der Waals surface area contributed by atoms with E-state index in [1.807, 2.05) is 47.4 Å². The Morgan fingerprint density at radius 2 is 1.81 bits per heavy atom. The van der Waals surface area contributed by atoms with Gasteiger partial charge in [-0.3, -0.25) is 9.59 Å². The van der Waals surface area contributed by atoms with Crippen molar-refractivity contribution in [2.75, 3.05) is 43.0 Å². The van der Waals surface area contributed by atoms with Gasteiger partial charge in [0.1, 0.15) is 0 Å². The normalized spacial score (nSPS) is 16.8. The zero-order chi connectivity index (χ0) is 18.3. The summed E-state index contributed by atoms with van der Waals surface area (Å²) >= 11 is 6.07. The Morgan fingerprint density at radius 3 is 2.54 bits per heavy atom. The number of carbonyl (C=O) groups is 2. The number of carbonyl (C=O) groups excluding carboxylic acids is 2. The number of likely N-dealkylation sites (N-methyl/N-ethyl adjacent to an activating group) is 1. The van der Waals surface area contributed by atoms with Crippen LogP contribution in [0.25, 0.3) is 0 Å². The summed E-state index contributed by atoms with van der Waals surface area (Å²) in [6.07, 6.45) is 0.371. The molecule has 4 rings (SSSR count). The molecule has 134 valence electrons. The highest BCUT2D eigenvalue weighted by molar-refractivity contribution is 6.30. The van der Waals surface area contributed by atoms with Crippen LogP contribution < -0.4 is 9.80 Å². The topological polar surface area (TPSA) is 43.9 Å². The van der Waals surface area contributed by atoms with Crippen LogP contribution in [-0.2, 0) is 11.2 Å². The summed E-state index contributed by atoms with van der Waals surface area (Å²) in [4.78, 5) is 30.4. The molecule has 0 aromatic heterocycles. The summed E-state index contributed by atoms with van der Waals surface area (Å²) in [5.41, 5.74) is 3.57. The zero-order valence-electron chi connectivity index (χ0n) is 14.6. The second kappa shape index (κ2) is 6.65. The summed E-state index contributed by atoms with van der Waals surface area (Å²) in [7, 11) is 1.77.